The molecule has 1 nitrogen and oxygen atoms in total. The number of rotatable bonds is 21. The lowest BCUT2D eigenvalue weighted by Crippen LogP contribution is -2.61. The van der Waals surface area contributed by atoms with Crippen LogP contribution in [0.25, 0.3) is 0 Å². The second kappa shape index (κ2) is 23.2. The average Bonchev–Trinajstić information content (AvgIpc) is 2.72. The van der Waals surface area contributed by atoms with E-state index >= 15 is 0 Å². The van der Waals surface area contributed by atoms with Crippen LogP contribution in [0.3, 0.4) is 0 Å². The van der Waals surface area contributed by atoms with Crippen LogP contribution in [0.15, 0.2) is 0 Å². The Morgan fingerprint density at radius 1 is 0.500 bits per heavy atom. The first-order valence-electron chi connectivity index (χ1n) is 12.7. The van der Waals surface area contributed by atoms with Gasteiger partial charge in [0.15, 0.2) is 0 Å². The van der Waals surface area contributed by atoms with Gasteiger partial charge in [-0.25, -0.2) is 0 Å². The first-order chi connectivity index (χ1) is 13.9. The first kappa shape index (κ1) is 34.6. The lowest BCUT2D eigenvalue weighted by atomic mass is 9.82. The van der Waals surface area contributed by atoms with E-state index in [0.717, 1.165) is 0 Å². The van der Waals surface area contributed by atoms with Gasteiger partial charge in [0.05, 0.1) is 5.54 Å². The molecule has 0 aliphatic heterocycles. The summed E-state index contributed by atoms with van der Waals surface area (Å²) in [4.78, 5) is 0. The van der Waals surface area contributed by atoms with E-state index in [2.05, 4.69) is 88.5 Å². The van der Waals surface area contributed by atoms with E-state index in [1.54, 1.807) is 0 Å². The molecule has 30 heavy (non-hydrogen) atoms. The fourth-order valence-electron chi connectivity index (χ4n) is 4.12. The van der Waals surface area contributed by atoms with Gasteiger partial charge in [-0.2, -0.15) is 0 Å². The summed E-state index contributed by atoms with van der Waals surface area (Å²) in [7, 11) is 0. The van der Waals surface area contributed by atoms with Gasteiger partial charge < -0.3 is 5.73 Å². The van der Waals surface area contributed by atoms with Crippen molar-refractivity contribution in [3.63, 3.8) is 0 Å². The lowest BCUT2D eigenvalue weighted by molar-refractivity contribution is 0.357. The molecule has 5 heteroatoms. The van der Waals surface area contributed by atoms with Crippen LogP contribution in [-0.4, -0.2) is 17.3 Å². The molecule has 0 spiro atoms. The van der Waals surface area contributed by atoms with Crippen molar-refractivity contribution in [1.82, 2.24) is 0 Å². The monoisotopic (exact) mass is 781 g/mol. The van der Waals surface area contributed by atoms with Crippen molar-refractivity contribution in [3.8, 4) is 0 Å². The molecule has 2 N–H and O–H groups in total. The molecule has 0 amide bonds. The Morgan fingerprint density at radius 2 is 0.733 bits per heavy atom. The molecule has 0 aromatic carbocycles. The van der Waals surface area contributed by atoms with E-state index in [-0.39, 0.29) is 17.9 Å². The van der Waals surface area contributed by atoms with Gasteiger partial charge in [-0.3, -0.25) is 0 Å². The Hall–Kier alpha value is 2.44. The average molecular weight is 782 g/mol. The fourth-order valence-corrected chi connectivity index (χ4v) is 10.1. The smallest absolute Gasteiger partial charge is 0.0511 e. The SMILES string of the molecule is CCCCCCCC(I)C(N)(C(I)CCCCCCC)C(I)CCCCCCC.Cl. The summed E-state index contributed by atoms with van der Waals surface area (Å²) in [5.41, 5.74) is 7.30. The number of hydrogen-bond donors (Lipinski definition) is 1. The Bertz CT molecular complexity index is 307. The molecule has 0 aliphatic carbocycles. The number of alkyl halides is 3. The van der Waals surface area contributed by atoms with Crippen molar-refractivity contribution in [2.24, 2.45) is 5.73 Å². The molecule has 184 valence electrons. The van der Waals surface area contributed by atoms with Crippen LogP contribution >= 0.6 is 80.2 Å². The largest absolute Gasteiger partial charge is 0.322 e. The predicted molar refractivity (Wildman–Crippen MR) is 168 cm³/mol. The highest BCUT2D eigenvalue weighted by molar-refractivity contribution is 14.1. The van der Waals surface area contributed by atoms with Crippen molar-refractivity contribution in [1.29, 1.82) is 0 Å². The Kier molecular flexibility index (Phi) is 26.8. The van der Waals surface area contributed by atoms with E-state index < -0.39 is 0 Å². The topological polar surface area (TPSA) is 26.0 Å². The van der Waals surface area contributed by atoms with Crippen LogP contribution in [0.5, 0.6) is 0 Å². The van der Waals surface area contributed by atoms with Crippen molar-refractivity contribution in [2.45, 2.75) is 154 Å². The highest BCUT2D eigenvalue weighted by Gasteiger charge is 2.44. The quantitative estimate of drug-likeness (QED) is 0.0701. The minimum Gasteiger partial charge on any atom is -0.322 e. The molecule has 0 saturated heterocycles. The highest BCUT2D eigenvalue weighted by atomic mass is 127. The van der Waals surface area contributed by atoms with Crippen LogP contribution in [0, 0.1) is 0 Å². The summed E-state index contributed by atoms with van der Waals surface area (Å²) < 4.78 is 1.78. The molecule has 0 rings (SSSR count). The molecule has 0 heterocycles. The number of hydrogen-bond acceptors (Lipinski definition) is 1. The minimum atomic E-state index is -0.0258. The second-order valence-corrected chi connectivity index (χ2v) is 13.5. The standard InChI is InChI=1S/C25H50I3N.ClH/c1-4-7-10-13-16-19-22(26)25(29,23(27)20-17-14-11-8-5-2)24(28)21-18-15-12-9-6-3;/h22-24H,4-21,29H2,1-3H3;1H. The van der Waals surface area contributed by atoms with Crippen LogP contribution in [-0.2, 0) is 0 Å². The highest BCUT2D eigenvalue weighted by Crippen LogP contribution is 2.40. The number of halogens is 4. The van der Waals surface area contributed by atoms with Crippen molar-refractivity contribution in [2.75, 3.05) is 0 Å². The molecule has 0 bridgehead atoms. The van der Waals surface area contributed by atoms with Crippen molar-refractivity contribution >= 4 is 80.2 Å². The summed E-state index contributed by atoms with van der Waals surface area (Å²) in [6, 6.07) is 0. The first-order valence-corrected chi connectivity index (χ1v) is 16.4. The van der Waals surface area contributed by atoms with Crippen LogP contribution in [0.1, 0.15) is 136 Å². The van der Waals surface area contributed by atoms with Gasteiger partial charge in [0.2, 0.25) is 0 Å². The molecular weight excluding hydrogens is 730 g/mol. The molecule has 0 aliphatic rings. The summed E-state index contributed by atoms with van der Waals surface area (Å²) in [5, 5.41) is 0. The van der Waals surface area contributed by atoms with Gasteiger partial charge in [-0.1, -0.05) is 185 Å². The third kappa shape index (κ3) is 15.4. The second-order valence-electron chi connectivity index (χ2n) is 9.01. The van der Waals surface area contributed by atoms with Gasteiger partial charge in [0.25, 0.3) is 0 Å². The molecule has 0 aromatic heterocycles. The number of nitrogens with two attached hydrogens (primary N) is 1. The summed E-state index contributed by atoms with van der Waals surface area (Å²) in [6.07, 6.45) is 24.4. The molecule has 0 fully saturated rings. The van der Waals surface area contributed by atoms with Gasteiger partial charge >= 0.3 is 0 Å². The Morgan fingerprint density at radius 3 is 0.967 bits per heavy atom. The van der Waals surface area contributed by atoms with E-state index in [1.807, 2.05) is 0 Å². The molecule has 0 radical (unpaired) electrons. The lowest BCUT2D eigenvalue weighted by Gasteiger charge is -2.43. The van der Waals surface area contributed by atoms with Gasteiger partial charge in [0.1, 0.15) is 0 Å². The Labute approximate surface area is 237 Å². The molecule has 0 aromatic rings. The van der Waals surface area contributed by atoms with E-state index in [1.165, 1.54) is 116 Å². The summed E-state index contributed by atoms with van der Waals surface area (Å²) in [5.74, 6) is 0. The third-order valence-corrected chi connectivity index (χ3v) is 11.4. The van der Waals surface area contributed by atoms with E-state index in [9.17, 15) is 0 Å². The molecule has 3 atom stereocenters. The van der Waals surface area contributed by atoms with E-state index in [0.29, 0.717) is 11.8 Å². The van der Waals surface area contributed by atoms with Crippen LogP contribution in [0.2, 0.25) is 0 Å². The van der Waals surface area contributed by atoms with Crippen molar-refractivity contribution in [3.05, 3.63) is 0 Å². The molecule has 0 saturated carbocycles. The fraction of sp³-hybridized carbons (Fsp3) is 1.00. The molecular formula is C25H51ClI3N. The predicted octanol–water partition coefficient (Wildman–Crippen LogP) is 10.6. The number of unbranched alkanes of at least 4 members (excludes halogenated alkanes) is 12. The Balaban J connectivity index is 0. The van der Waals surface area contributed by atoms with Crippen LogP contribution < -0.4 is 5.73 Å². The van der Waals surface area contributed by atoms with Gasteiger partial charge in [-0.15, -0.1) is 12.4 Å². The summed E-state index contributed by atoms with van der Waals surface area (Å²) >= 11 is 8.18. The maximum Gasteiger partial charge on any atom is 0.0511 e. The van der Waals surface area contributed by atoms with Gasteiger partial charge in [0, 0.05) is 11.8 Å². The van der Waals surface area contributed by atoms with Crippen molar-refractivity contribution < 1.29 is 0 Å². The zero-order chi connectivity index (χ0) is 22.0. The maximum atomic E-state index is 7.33. The third-order valence-electron chi connectivity index (χ3n) is 6.31. The van der Waals surface area contributed by atoms with Gasteiger partial charge in [-0.05, 0) is 19.3 Å². The zero-order valence-corrected chi connectivity index (χ0v) is 27.4. The van der Waals surface area contributed by atoms with E-state index in [4.69, 9.17) is 5.73 Å². The minimum absolute atomic E-state index is 0. The normalized spacial score (nSPS) is 16.5. The summed E-state index contributed by atoms with van der Waals surface area (Å²) in [6.45, 7) is 6.90. The zero-order valence-electron chi connectivity index (χ0n) is 20.1. The molecule has 3 unspecified atom stereocenters. The van der Waals surface area contributed by atoms with Crippen LogP contribution in [0.4, 0.5) is 0 Å². The maximum absolute atomic E-state index is 7.33.